The molecule has 1 saturated carbocycles. The quantitative estimate of drug-likeness (QED) is 0.708. The van der Waals surface area contributed by atoms with Crippen LogP contribution in [0.1, 0.15) is 47.0 Å². The third-order valence-corrected chi connectivity index (χ3v) is 4.25. The van der Waals surface area contributed by atoms with Crippen LogP contribution in [0.15, 0.2) is 11.3 Å². The Morgan fingerprint density at radius 2 is 1.83 bits per heavy atom. The van der Waals surface area contributed by atoms with Gasteiger partial charge in [-0.05, 0) is 52.0 Å². The molecule has 1 aliphatic heterocycles. The molecule has 1 heterocycles. The van der Waals surface area contributed by atoms with Gasteiger partial charge in [-0.25, -0.2) is 4.39 Å². The largest absolute Gasteiger partial charge is 0.525 e. The lowest BCUT2D eigenvalue weighted by Crippen LogP contribution is -2.41. The average molecular weight is 251 g/mol. The summed E-state index contributed by atoms with van der Waals surface area (Å²) in [5.41, 5.74) is -0.562. The van der Waals surface area contributed by atoms with Crippen molar-refractivity contribution in [3.05, 3.63) is 11.3 Å². The van der Waals surface area contributed by atoms with Crippen molar-refractivity contribution >= 4 is 7.12 Å². The molecule has 0 unspecified atom stereocenters. The number of hydrogen-bond acceptors (Lipinski definition) is 3. The molecule has 0 aromatic carbocycles. The Balaban J connectivity index is 2.03. The van der Waals surface area contributed by atoms with Gasteiger partial charge in [0.15, 0.2) is 0 Å². The van der Waals surface area contributed by atoms with Gasteiger partial charge in [0.1, 0.15) is 5.73 Å². The molecule has 0 aromatic rings. The third-order valence-electron chi connectivity index (χ3n) is 4.25. The summed E-state index contributed by atoms with van der Waals surface area (Å²) in [6.45, 7) is 7.63. The van der Waals surface area contributed by atoms with Gasteiger partial charge >= 0.3 is 7.12 Å². The van der Waals surface area contributed by atoms with Crippen molar-refractivity contribution in [3.63, 3.8) is 0 Å². The molecule has 0 atom stereocenters. The first kappa shape index (κ1) is 13.6. The molecule has 1 aliphatic carbocycles. The summed E-state index contributed by atoms with van der Waals surface area (Å²) < 4.78 is 25.5. The summed E-state index contributed by atoms with van der Waals surface area (Å²) in [5, 5.41) is 8.57. The molecule has 18 heavy (non-hydrogen) atoms. The predicted octanol–water partition coefficient (Wildman–Crippen LogP) is 3.17. The minimum absolute atomic E-state index is 0.289. The van der Waals surface area contributed by atoms with Gasteiger partial charge in [0.2, 0.25) is 0 Å². The first-order valence-electron chi connectivity index (χ1n) is 6.37. The van der Waals surface area contributed by atoms with Crippen molar-refractivity contribution in [1.82, 2.24) is 0 Å². The first-order chi connectivity index (χ1) is 8.27. The maximum absolute atomic E-state index is 14.2. The summed E-state index contributed by atoms with van der Waals surface area (Å²) in [6, 6.07) is 2.12. The van der Waals surface area contributed by atoms with Crippen LogP contribution in [-0.2, 0) is 9.31 Å². The second-order valence-corrected chi connectivity index (χ2v) is 6.18. The van der Waals surface area contributed by atoms with Crippen LogP contribution in [0.5, 0.6) is 0 Å². The molecular weight excluding hydrogens is 232 g/mol. The Kier molecular flexibility index (Phi) is 3.29. The number of nitrogens with zero attached hydrogens (tertiary/aromatic N) is 1. The first-order valence-corrected chi connectivity index (χ1v) is 6.37. The highest BCUT2D eigenvalue weighted by Crippen LogP contribution is 2.43. The minimum atomic E-state index is -0.881. The number of halogens is 1. The molecule has 0 bridgehead atoms. The van der Waals surface area contributed by atoms with E-state index in [9.17, 15) is 4.39 Å². The fourth-order valence-electron chi connectivity index (χ4n) is 2.22. The van der Waals surface area contributed by atoms with E-state index in [1.54, 1.807) is 0 Å². The molecule has 98 valence electrons. The minimum Gasteiger partial charge on any atom is -0.398 e. The molecule has 0 amide bonds. The highest BCUT2D eigenvalue weighted by Gasteiger charge is 2.54. The van der Waals surface area contributed by atoms with Crippen molar-refractivity contribution in [3.8, 4) is 6.07 Å². The van der Waals surface area contributed by atoms with Crippen LogP contribution in [0.25, 0.3) is 0 Å². The highest BCUT2D eigenvalue weighted by atomic mass is 19.1. The Bertz CT molecular complexity index is 401. The van der Waals surface area contributed by atoms with E-state index in [4.69, 9.17) is 14.6 Å². The lowest BCUT2D eigenvalue weighted by atomic mass is 9.71. The van der Waals surface area contributed by atoms with Crippen LogP contribution >= 0.6 is 0 Å². The van der Waals surface area contributed by atoms with Crippen molar-refractivity contribution < 1.29 is 13.7 Å². The van der Waals surface area contributed by atoms with Gasteiger partial charge < -0.3 is 9.31 Å². The van der Waals surface area contributed by atoms with Gasteiger partial charge in [-0.1, -0.05) is 0 Å². The number of rotatable bonds is 2. The van der Waals surface area contributed by atoms with E-state index in [1.165, 1.54) is 0 Å². The molecule has 3 nitrogen and oxygen atoms in total. The summed E-state index contributed by atoms with van der Waals surface area (Å²) >= 11 is 0. The Morgan fingerprint density at radius 1 is 1.33 bits per heavy atom. The van der Waals surface area contributed by atoms with E-state index in [-0.39, 0.29) is 5.73 Å². The monoisotopic (exact) mass is 251 g/mol. The molecular formula is C13H19BFNO2. The second-order valence-electron chi connectivity index (χ2n) is 6.18. The molecule has 5 heteroatoms. The molecule has 2 fully saturated rings. The van der Waals surface area contributed by atoms with Crippen LogP contribution < -0.4 is 0 Å². The van der Waals surface area contributed by atoms with Gasteiger partial charge in [0.05, 0.1) is 17.3 Å². The van der Waals surface area contributed by atoms with Crippen LogP contribution in [0.4, 0.5) is 4.39 Å². The van der Waals surface area contributed by atoms with E-state index in [2.05, 4.69) is 6.07 Å². The van der Waals surface area contributed by atoms with Crippen molar-refractivity contribution in [2.45, 2.75) is 58.2 Å². The lowest BCUT2D eigenvalue weighted by Gasteiger charge is -2.32. The van der Waals surface area contributed by atoms with Crippen molar-refractivity contribution in [2.24, 2.45) is 5.92 Å². The normalized spacial score (nSPS) is 28.8. The standard InChI is InChI=1S/C13H19BFNO2/c1-12(2)13(3,4)18-14(17-12)11(15)10-7-9(8-10)5-6-16/h9H,5,7-8H2,1-4H3. The fraction of sp³-hybridized carbons (Fsp3) is 0.769. The third kappa shape index (κ3) is 2.20. The topological polar surface area (TPSA) is 42.2 Å². The van der Waals surface area contributed by atoms with Gasteiger partial charge in [-0.15, -0.1) is 0 Å². The Labute approximate surface area is 108 Å². The maximum atomic E-state index is 14.2. The molecule has 2 aliphatic rings. The van der Waals surface area contributed by atoms with Crippen LogP contribution in [-0.4, -0.2) is 18.3 Å². The van der Waals surface area contributed by atoms with Gasteiger partial charge in [0, 0.05) is 6.42 Å². The van der Waals surface area contributed by atoms with Crippen LogP contribution in [0, 0.1) is 17.2 Å². The second kappa shape index (κ2) is 4.36. The fourth-order valence-corrected chi connectivity index (χ4v) is 2.22. The van der Waals surface area contributed by atoms with Crippen molar-refractivity contribution in [1.29, 1.82) is 5.26 Å². The molecule has 0 spiro atoms. The molecule has 0 radical (unpaired) electrons. The Morgan fingerprint density at radius 3 is 2.28 bits per heavy atom. The average Bonchev–Trinajstić information content (AvgIpc) is 2.40. The number of allylic oxidation sites excluding steroid dienone is 1. The zero-order valence-corrected chi connectivity index (χ0v) is 11.4. The zero-order chi connectivity index (χ0) is 13.6. The summed E-state index contributed by atoms with van der Waals surface area (Å²) in [4.78, 5) is 0. The van der Waals surface area contributed by atoms with E-state index in [0.29, 0.717) is 25.2 Å². The zero-order valence-electron chi connectivity index (χ0n) is 11.4. The molecule has 1 saturated heterocycles. The molecule has 0 N–H and O–H groups in total. The SMILES string of the molecule is CC1(C)OB(C(F)=C2CC(CC#N)C2)OC1(C)C. The van der Waals surface area contributed by atoms with E-state index >= 15 is 0 Å². The van der Waals surface area contributed by atoms with E-state index < -0.39 is 18.3 Å². The van der Waals surface area contributed by atoms with Gasteiger partial charge in [-0.2, -0.15) is 5.26 Å². The van der Waals surface area contributed by atoms with Crippen molar-refractivity contribution in [2.75, 3.05) is 0 Å². The lowest BCUT2D eigenvalue weighted by molar-refractivity contribution is 0.00578. The highest BCUT2D eigenvalue weighted by molar-refractivity contribution is 6.53. The maximum Gasteiger partial charge on any atom is 0.525 e. The van der Waals surface area contributed by atoms with E-state index in [0.717, 1.165) is 5.57 Å². The molecule has 0 aromatic heterocycles. The van der Waals surface area contributed by atoms with Gasteiger partial charge in [0.25, 0.3) is 0 Å². The smallest absolute Gasteiger partial charge is 0.398 e. The van der Waals surface area contributed by atoms with Crippen LogP contribution in [0.2, 0.25) is 0 Å². The predicted molar refractivity (Wildman–Crippen MR) is 67.2 cm³/mol. The van der Waals surface area contributed by atoms with Gasteiger partial charge in [-0.3, -0.25) is 0 Å². The summed E-state index contributed by atoms with van der Waals surface area (Å²) in [7, 11) is -0.881. The molecule has 2 rings (SSSR count). The summed E-state index contributed by atoms with van der Waals surface area (Å²) in [5.74, 6) is 0.304. The number of hydrogen-bond donors (Lipinski definition) is 0. The summed E-state index contributed by atoms with van der Waals surface area (Å²) in [6.07, 6.45) is 1.81. The Hall–Kier alpha value is -0.855. The van der Waals surface area contributed by atoms with E-state index in [1.807, 2.05) is 27.7 Å². The number of nitriles is 1. The van der Waals surface area contributed by atoms with Crippen LogP contribution in [0.3, 0.4) is 0 Å².